The summed E-state index contributed by atoms with van der Waals surface area (Å²) in [5.74, 6) is 0.298. The van der Waals surface area contributed by atoms with Gasteiger partial charge in [-0.1, -0.05) is 57.0 Å². The van der Waals surface area contributed by atoms with E-state index in [4.69, 9.17) is 0 Å². The first-order valence-corrected chi connectivity index (χ1v) is 7.52. The topological polar surface area (TPSA) is 20.3 Å². The lowest BCUT2D eigenvalue weighted by molar-refractivity contribution is -0.134. The van der Waals surface area contributed by atoms with Gasteiger partial charge in [-0.2, -0.15) is 0 Å². The Balaban J connectivity index is 2.64. The summed E-state index contributed by atoms with van der Waals surface area (Å²) >= 11 is 0. The smallest absolute Gasteiger partial charge is 0.223 e. The van der Waals surface area contributed by atoms with Crippen molar-refractivity contribution < 1.29 is 4.79 Å². The van der Waals surface area contributed by atoms with Crippen LogP contribution in [0.2, 0.25) is 0 Å². The van der Waals surface area contributed by atoms with E-state index in [-0.39, 0.29) is 0 Å². The molecule has 0 aromatic heterocycles. The van der Waals surface area contributed by atoms with E-state index in [0.29, 0.717) is 18.4 Å². The third-order valence-corrected chi connectivity index (χ3v) is 3.63. The molecule has 1 unspecified atom stereocenters. The maximum atomic E-state index is 12.3. The SMILES string of the molecule is CCCCCC(=O)N(Cc1ccccc1)C(C)CC. The first-order chi connectivity index (χ1) is 9.19. The lowest BCUT2D eigenvalue weighted by atomic mass is 10.1. The van der Waals surface area contributed by atoms with E-state index < -0.39 is 0 Å². The van der Waals surface area contributed by atoms with Crippen molar-refractivity contribution in [2.45, 2.75) is 65.5 Å². The quantitative estimate of drug-likeness (QED) is 0.635. The molecule has 2 heteroatoms. The zero-order valence-corrected chi connectivity index (χ0v) is 12.6. The van der Waals surface area contributed by atoms with E-state index in [9.17, 15) is 4.79 Å². The Morgan fingerprint density at radius 2 is 1.84 bits per heavy atom. The maximum Gasteiger partial charge on any atom is 0.223 e. The highest BCUT2D eigenvalue weighted by molar-refractivity contribution is 5.76. The molecular formula is C17H27NO. The van der Waals surface area contributed by atoms with Crippen molar-refractivity contribution in [1.82, 2.24) is 4.90 Å². The van der Waals surface area contributed by atoms with Crippen LogP contribution in [0, 0.1) is 0 Å². The molecule has 0 spiro atoms. The lowest BCUT2D eigenvalue weighted by Crippen LogP contribution is -2.37. The Morgan fingerprint density at radius 1 is 1.16 bits per heavy atom. The van der Waals surface area contributed by atoms with Crippen molar-refractivity contribution in [2.75, 3.05) is 0 Å². The van der Waals surface area contributed by atoms with E-state index in [0.717, 1.165) is 32.2 Å². The zero-order chi connectivity index (χ0) is 14.1. The van der Waals surface area contributed by atoms with Gasteiger partial charge in [-0.15, -0.1) is 0 Å². The van der Waals surface area contributed by atoms with Crippen LogP contribution in [0.3, 0.4) is 0 Å². The molecule has 0 aliphatic rings. The van der Waals surface area contributed by atoms with E-state index in [2.05, 4.69) is 32.9 Å². The summed E-state index contributed by atoms with van der Waals surface area (Å²) in [5, 5.41) is 0. The van der Waals surface area contributed by atoms with E-state index >= 15 is 0 Å². The van der Waals surface area contributed by atoms with Crippen LogP contribution in [0.4, 0.5) is 0 Å². The second-order valence-electron chi connectivity index (χ2n) is 5.22. The third kappa shape index (κ3) is 5.46. The summed E-state index contributed by atoms with van der Waals surface area (Å²) in [6, 6.07) is 10.6. The van der Waals surface area contributed by atoms with Gasteiger partial charge < -0.3 is 4.90 Å². The number of nitrogens with zero attached hydrogens (tertiary/aromatic N) is 1. The van der Waals surface area contributed by atoms with E-state index in [1.165, 1.54) is 5.56 Å². The molecule has 1 rings (SSSR count). The van der Waals surface area contributed by atoms with Crippen LogP contribution in [0.15, 0.2) is 30.3 Å². The minimum absolute atomic E-state index is 0.298. The second kappa shape index (κ2) is 8.73. The van der Waals surface area contributed by atoms with Crippen LogP contribution in [0.25, 0.3) is 0 Å². The molecule has 0 N–H and O–H groups in total. The highest BCUT2D eigenvalue weighted by Crippen LogP contribution is 2.14. The highest BCUT2D eigenvalue weighted by Gasteiger charge is 2.18. The molecule has 0 bridgehead atoms. The van der Waals surface area contributed by atoms with Crippen molar-refractivity contribution in [1.29, 1.82) is 0 Å². The predicted molar refractivity (Wildman–Crippen MR) is 80.9 cm³/mol. The van der Waals surface area contributed by atoms with E-state index in [1.54, 1.807) is 0 Å². The Hall–Kier alpha value is -1.31. The summed E-state index contributed by atoms with van der Waals surface area (Å²) < 4.78 is 0. The Bertz CT molecular complexity index is 361. The van der Waals surface area contributed by atoms with Gasteiger partial charge in [-0.25, -0.2) is 0 Å². The van der Waals surface area contributed by atoms with Gasteiger partial charge >= 0.3 is 0 Å². The fraction of sp³-hybridized carbons (Fsp3) is 0.588. The molecule has 0 fully saturated rings. The molecular weight excluding hydrogens is 234 g/mol. The number of benzene rings is 1. The Morgan fingerprint density at radius 3 is 2.42 bits per heavy atom. The molecule has 1 amide bonds. The van der Waals surface area contributed by atoms with Crippen molar-refractivity contribution in [3.63, 3.8) is 0 Å². The van der Waals surface area contributed by atoms with Crippen molar-refractivity contribution >= 4 is 5.91 Å². The standard InChI is InChI=1S/C17H27NO/c1-4-6-8-13-17(19)18(15(3)5-2)14-16-11-9-7-10-12-16/h7,9-12,15H,4-6,8,13-14H2,1-3H3. The zero-order valence-electron chi connectivity index (χ0n) is 12.6. The first-order valence-electron chi connectivity index (χ1n) is 7.52. The van der Waals surface area contributed by atoms with Crippen LogP contribution in [-0.2, 0) is 11.3 Å². The highest BCUT2D eigenvalue weighted by atomic mass is 16.2. The van der Waals surface area contributed by atoms with Gasteiger partial charge in [0.25, 0.3) is 0 Å². The van der Waals surface area contributed by atoms with Crippen molar-refractivity contribution in [3.8, 4) is 0 Å². The summed E-state index contributed by atoms with van der Waals surface area (Å²) in [4.78, 5) is 14.4. The number of rotatable bonds is 8. The minimum atomic E-state index is 0.298. The number of unbranched alkanes of at least 4 members (excludes halogenated alkanes) is 2. The van der Waals surface area contributed by atoms with Gasteiger partial charge in [0, 0.05) is 19.0 Å². The molecule has 2 nitrogen and oxygen atoms in total. The van der Waals surface area contributed by atoms with Gasteiger partial charge in [0.2, 0.25) is 5.91 Å². The first kappa shape index (κ1) is 15.7. The molecule has 0 aliphatic carbocycles. The summed E-state index contributed by atoms with van der Waals surface area (Å²) in [7, 11) is 0. The van der Waals surface area contributed by atoms with Crippen molar-refractivity contribution in [3.05, 3.63) is 35.9 Å². The second-order valence-corrected chi connectivity index (χ2v) is 5.22. The monoisotopic (exact) mass is 261 g/mol. The van der Waals surface area contributed by atoms with Gasteiger partial charge in [-0.05, 0) is 25.3 Å². The molecule has 0 saturated heterocycles. The van der Waals surface area contributed by atoms with Crippen LogP contribution in [0.5, 0.6) is 0 Å². The van der Waals surface area contributed by atoms with Gasteiger partial charge in [-0.3, -0.25) is 4.79 Å². The largest absolute Gasteiger partial charge is 0.336 e. The van der Waals surface area contributed by atoms with E-state index in [1.807, 2.05) is 23.1 Å². The van der Waals surface area contributed by atoms with Crippen LogP contribution in [-0.4, -0.2) is 16.8 Å². The molecule has 0 heterocycles. The summed E-state index contributed by atoms with van der Waals surface area (Å²) in [5.41, 5.74) is 1.21. The number of carbonyl (C=O) groups excluding carboxylic acids is 1. The lowest BCUT2D eigenvalue weighted by Gasteiger charge is -2.29. The summed E-state index contributed by atoms with van der Waals surface area (Å²) in [6.45, 7) is 7.18. The Labute approximate surface area is 117 Å². The Kier molecular flexibility index (Phi) is 7.24. The average molecular weight is 261 g/mol. The van der Waals surface area contributed by atoms with Crippen molar-refractivity contribution in [2.24, 2.45) is 0 Å². The minimum Gasteiger partial charge on any atom is -0.336 e. The van der Waals surface area contributed by atoms with Crippen LogP contribution >= 0.6 is 0 Å². The van der Waals surface area contributed by atoms with Gasteiger partial charge in [0.1, 0.15) is 0 Å². The fourth-order valence-corrected chi connectivity index (χ4v) is 2.16. The number of carbonyl (C=O) groups is 1. The molecule has 0 saturated carbocycles. The molecule has 1 aromatic carbocycles. The normalized spacial score (nSPS) is 12.2. The van der Waals surface area contributed by atoms with Crippen LogP contribution < -0.4 is 0 Å². The summed E-state index contributed by atoms with van der Waals surface area (Å²) in [6.07, 6.45) is 5.01. The third-order valence-electron chi connectivity index (χ3n) is 3.63. The molecule has 0 aliphatic heterocycles. The van der Waals surface area contributed by atoms with Crippen LogP contribution in [0.1, 0.15) is 58.4 Å². The average Bonchev–Trinajstić information content (AvgIpc) is 2.45. The molecule has 19 heavy (non-hydrogen) atoms. The van der Waals surface area contributed by atoms with Gasteiger partial charge in [0.05, 0.1) is 0 Å². The molecule has 0 radical (unpaired) electrons. The maximum absolute atomic E-state index is 12.3. The predicted octanol–water partition coefficient (Wildman–Crippen LogP) is 4.39. The number of hydrogen-bond donors (Lipinski definition) is 0. The fourth-order valence-electron chi connectivity index (χ4n) is 2.16. The molecule has 1 atom stereocenters. The molecule has 106 valence electrons. The molecule has 1 aromatic rings. The number of amides is 1. The van der Waals surface area contributed by atoms with Gasteiger partial charge in [0.15, 0.2) is 0 Å². The number of hydrogen-bond acceptors (Lipinski definition) is 1.